The number of halogens is 1. The molecule has 15 heavy (non-hydrogen) atoms. The number of nitrogens with zero attached hydrogens (tertiary/aromatic N) is 2. The van der Waals surface area contributed by atoms with Crippen LogP contribution in [0.25, 0.3) is 0 Å². The van der Waals surface area contributed by atoms with Gasteiger partial charge < -0.3 is 5.32 Å². The third-order valence-corrected chi connectivity index (χ3v) is 2.50. The van der Waals surface area contributed by atoms with Gasteiger partial charge in [-0.1, -0.05) is 17.7 Å². The van der Waals surface area contributed by atoms with Crippen LogP contribution in [0.1, 0.15) is 31.0 Å². The van der Waals surface area contributed by atoms with Gasteiger partial charge >= 0.3 is 0 Å². The van der Waals surface area contributed by atoms with Gasteiger partial charge in [0.25, 0.3) is 0 Å². The van der Waals surface area contributed by atoms with Gasteiger partial charge in [-0.05, 0) is 19.3 Å². The molecular weight excluding hydrogens is 210 g/mol. The summed E-state index contributed by atoms with van der Waals surface area (Å²) >= 11 is 5.92. The number of rotatable bonds is 5. The van der Waals surface area contributed by atoms with E-state index in [2.05, 4.69) is 21.9 Å². The van der Waals surface area contributed by atoms with Crippen molar-refractivity contribution in [2.75, 3.05) is 11.9 Å². The maximum absolute atomic E-state index is 5.92. The zero-order valence-corrected chi connectivity index (χ0v) is 9.30. The normalized spacial score (nSPS) is 15.0. The number of hydrogen-bond donors (Lipinski definition) is 1. The van der Waals surface area contributed by atoms with E-state index in [1.165, 1.54) is 12.8 Å². The third-order valence-electron chi connectivity index (χ3n) is 2.31. The molecule has 1 N–H and O–H groups in total. The van der Waals surface area contributed by atoms with Crippen molar-refractivity contribution in [3.05, 3.63) is 29.7 Å². The predicted molar refractivity (Wildman–Crippen MR) is 62.3 cm³/mol. The summed E-state index contributed by atoms with van der Waals surface area (Å²) in [5.74, 6) is 2.23. The van der Waals surface area contributed by atoms with Crippen LogP contribution in [0.2, 0.25) is 5.15 Å². The molecule has 3 nitrogen and oxygen atoms in total. The molecule has 0 atom stereocenters. The van der Waals surface area contributed by atoms with Crippen LogP contribution in [0.5, 0.6) is 0 Å². The Hall–Kier alpha value is -1.09. The van der Waals surface area contributed by atoms with Crippen LogP contribution >= 0.6 is 11.6 Å². The van der Waals surface area contributed by atoms with Crippen LogP contribution < -0.4 is 5.32 Å². The average Bonchev–Trinajstić information content (AvgIpc) is 3.00. The lowest BCUT2D eigenvalue weighted by atomic mass is 10.4. The number of aromatic nitrogens is 2. The molecule has 0 aliphatic heterocycles. The van der Waals surface area contributed by atoms with Crippen molar-refractivity contribution in [2.24, 2.45) is 0 Å². The molecule has 2 rings (SSSR count). The predicted octanol–water partition coefficient (Wildman–Crippen LogP) is 3.00. The van der Waals surface area contributed by atoms with Gasteiger partial charge in [0.1, 0.15) is 16.8 Å². The van der Waals surface area contributed by atoms with Crippen molar-refractivity contribution >= 4 is 17.4 Å². The molecule has 1 fully saturated rings. The molecule has 0 saturated heterocycles. The highest BCUT2D eigenvalue weighted by molar-refractivity contribution is 6.29. The summed E-state index contributed by atoms with van der Waals surface area (Å²) in [6.07, 6.45) is 5.16. The average molecular weight is 224 g/mol. The van der Waals surface area contributed by atoms with E-state index in [0.29, 0.717) is 11.1 Å². The van der Waals surface area contributed by atoms with E-state index in [0.717, 1.165) is 24.6 Å². The standard InChI is InChI=1S/C11H14ClN3/c1-2-3-6-13-10-7-9(12)14-11(15-10)8-4-5-8/h2,7-8H,1,3-6H2,(H,13,14,15). The Kier molecular flexibility index (Phi) is 3.21. The highest BCUT2D eigenvalue weighted by Gasteiger charge is 2.27. The van der Waals surface area contributed by atoms with Crippen molar-refractivity contribution in [1.29, 1.82) is 0 Å². The Morgan fingerprint density at radius 1 is 1.53 bits per heavy atom. The SMILES string of the molecule is C=CCCNc1cc(Cl)nc(C2CC2)n1. The summed E-state index contributed by atoms with van der Waals surface area (Å²) in [6.45, 7) is 4.50. The fourth-order valence-electron chi connectivity index (χ4n) is 1.35. The molecule has 1 saturated carbocycles. The van der Waals surface area contributed by atoms with Crippen LogP contribution in [0.15, 0.2) is 18.7 Å². The Balaban J connectivity index is 2.05. The van der Waals surface area contributed by atoms with E-state index < -0.39 is 0 Å². The first-order valence-corrected chi connectivity index (χ1v) is 5.56. The fourth-order valence-corrected chi connectivity index (χ4v) is 1.54. The van der Waals surface area contributed by atoms with Crippen molar-refractivity contribution < 1.29 is 0 Å². The lowest BCUT2D eigenvalue weighted by Crippen LogP contribution is -2.04. The molecule has 0 aromatic carbocycles. The van der Waals surface area contributed by atoms with Gasteiger partial charge in [0.15, 0.2) is 0 Å². The second-order valence-corrected chi connectivity index (χ2v) is 4.10. The Labute approximate surface area is 94.6 Å². The first kappa shape index (κ1) is 10.4. The molecule has 0 unspecified atom stereocenters. The zero-order chi connectivity index (χ0) is 10.7. The monoisotopic (exact) mass is 223 g/mol. The maximum Gasteiger partial charge on any atom is 0.135 e. The Morgan fingerprint density at radius 3 is 3.00 bits per heavy atom. The van der Waals surface area contributed by atoms with Crippen molar-refractivity contribution in [1.82, 2.24) is 9.97 Å². The quantitative estimate of drug-likeness (QED) is 0.474. The third kappa shape index (κ3) is 2.93. The van der Waals surface area contributed by atoms with Crippen LogP contribution in [-0.4, -0.2) is 16.5 Å². The molecule has 0 spiro atoms. The zero-order valence-electron chi connectivity index (χ0n) is 8.54. The van der Waals surface area contributed by atoms with Crippen molar-refractivity contribution in [3.63, 3.8) is 0 Å². The van der Waals surface area contributed by atoms with Crippen molar-refractivity contribution in [2.45, 2.75) is 25.2 Å². The van der Waals surface area contributed by atoms with E-state index in [1.54, 1.807) is 6.07 Å². The number of hydrogen-bond acceptors (Lipinski definition) is 3. The first-order valence-electron chi connectivity index (χ1n) is 5.19. The van der Waals surface area contributed by atoms with Crippen LogP contribution in [-0.2, 0) is 0 Å². The number of anilines is 1. The van der Waals surface area contributed by atoms with Gasteiger partial charge in [-0.3, -0.25) is 0 Å². The second kappa shape index (κ2) is 4.62. The summed E-state index contributed by atoms with van der Waals surface area (Å²) in [5.41, 5.74) is 0. The summed E-state index contributed by atoms with van der Waals surface area (Å²) in [7, 11) is 0. The molecule has 0 amide bonds. The highest BCUT2D eigenvalue weighted by atomic mass is 35.5. The highest BCUT2D eigenvalue weighted by Crippen LogP contribution is 2.38. The fraction of sp³-hybridized carbons (Fsp3) is 0.455. The van der Waals surface area contributed by atoms with E-state index in [9.17, 15) is 0 Å². The second-order valence-electron chi connectivity index (χ2n) is 3.71. The first-order chi connectivity index (χ1) is 7.29. The molecule has 1 aromatic heterocycles. The molecule has 1 aliphatic carbocycles. The molecule has 0 radical (unpaired) electrons. The van der Waals surface area contributed by atoms with Gasteiger partial charge in [0.2, 0.25) is 0 Å². The lowest BCUT2D eigenvalue weighted by Gasteiger charge is -2.05. The van der Waals surface area contributed by atoms with E-state index in [-0.39, 0.29) is 0 Å². The van der Waals surface area contributed by atoms with E-state index >= 15 is 0 Å². The lowest BCUT2D eigenvalue weighted by molar-refractivity contribution is 0.919. The minimum absolute atomic E-state index is 0.521. The molecule has 1 aliphatic rings. The number of nitrogens with one attached hydrogen (secondary N) is 1. The Bertz CT molecular complexity index is 361. The molecule has 1 aromatic rings. The minimum Gasteiger partial charge on any atom is -0.370 e. The van der Waals surface area contributed by atoms with Gasteiger partial charge in [-0.2, -0.15) is 0 Å². The van der Waals surface area contributed by atoms with Gasteiger partial charge in [0.05, 0.1) is 0 Å². The van der Waals surface area contributed by atoms with E-state index in [4.69, 9.17) is 11.6 Å². The minimum atomic E-state index is 0.521. The van der Waals surface area contributed by atoms with Crippen LogP contribution in [0.3, 0.4) is 0 Å². The largest absolute Gasteiger partial charge is 0.370 e. The summed E-state index contributed by atoms with van der Waals surface area (Å²) in [6, 6.07) is 1.76. The van der Waals surface area contributed by atoms with Gasteiger partial charge in [-0.25, -0.2) is 9.97 Å². The molecular formula is C11H14ClN3. The maximum atomic E-state index is 5.92. The molecule has 4 heteroatoms. The topological polar surface area (TPSA) is 37.8 Å². The smallest absolute Gasteiger partial charge is 0.135 e. The van der Waals surface area contributed by atoms with Crippen LogP contribution in [0, 0.1) is 0 Å². The van der Waals surface area contributed by atoms with Crippen LogP contribution in [0.4, 0.5) is 5.82 Å². The summed E-state index contributed by atoms with van der Waals surface area (Å²) < 4.78 is 0. The summed E-state index contributed by atoms with van der Waals surface area (Å²) in [4.78, 5) is 8.64. The van der Waals surface area contributed by atoms with Gasteiger partial charge in [-0.15, -0.1) is 6.58 Å². The van der Waals surface area contributed by atoms with Gasteiger partial charge in [0, 0.05) is 18.5 Å². The molecule has 1 heterocycles. The van der Waals surface area contributed by atoms with Crippen molar-refractivity contribution in [3.8, 4) is 0 Å². The van der Waals surface area contributed by atoms with E-state index in [1.807, 2.05) is 6.08 Å². The molecule has 0 bridgehead atoms. The molecule has 80 valence electrons. The Morgan fingerprint density at radius 2 is 2.33 bits per heavy atom. The summed E-state index contributed by atoms with van der Waals surface area (Å²) in [5, 5.41) is 3.72.